The van der Waals surface area contributed by atoms with Crippen LogP contribution in [0, 0.1) is 35.7 Å². The predicted molar refractivity (Wildman–Crippen MR) is 472 cm³/mol. The van der Waals surface area contributed by atoms with Crippen molar-refractivity contribution in [3.8, 4) is 5.75 Å². The molecule has 0 spiro atoms. The average molecular weight is 1510 g/mol. The van der Waals surface area contributed by atoms with Gasteiger partial charge < -0.3 is 14.6 Å². The molecule has 0 aliphatic rings. The summed E-state index contributed by atoms with van der Waals surface area (Å²) in [5.74, 6) is 7.20. The van der Waals surface area contributed by atoms with Crippen LogP contribution in [0.4, 0.5) is 11.4 Å². The molecule has 1 N–H and O–H groups in total. The molecule has 8 rings (SSSR count). The molecule has 13 heteroatoms. The van der Waals surface area contributed by atoms with E-state index in [4.69, 9.17) is 11.0 Å². The van der Waals surface area contributed by atoms with E-state index in [9.17, 15) is 14.4 Å². The van der Waals surface area contributed by atoms with Gasteiger partial charge in [-0.15, -0.1) is 0 Å². The fourth-order valence-electron chi connectivity index (χ4n) is 10.3. The van der Waals surface area contributed by atoms with E-state index in [0.717, 1.165) is 34.4 Å². The van der Waals surface area contributed by atoms with Gasteiger partial charge in [-0.3, -0.25) is 19.4 Å². The summed E-state index contributed by atoms with van der Waals surface area (Å²) in [6.07, 6.45) is 16.4. The van der Waals surface area contributed by atoms with E-state index in [0.29, 0.717) is 52.3 Å². The average Bonchev–Trinajstić information content (AvgIpc) is 0.815. The summed E-state index contributed by atoms with van der Waals surface area (Å²) in [4.78, 5) is 57.8. The van der Waals surface area contributed by atoms with Crippen molar-refractivity contribution in [2.24, 2.45) is 29.1 Å². The monoisotopic (exact) mass is 1510 g/mol. The maximum absolute atomic E-state index is 11.3. The molecule has 2 amide bonds. The number of amides is 2. The molecular weight excluding hydrogens is 1360 g/mol. The Morgan fingerprint density at radius 1 is 0.486 bits per heavy atom. The Labute approximate surface area is 666 Å². The fourth-order valence-corrected chi connectivity index (χ4v) is 11.4. The molecule has 109 heavy (non-hydrogen) atoms. The first-order chi connectivity index (χ1) is 50.9. The second-order valence-corrected chi connectivity index (χ2v) is 37.7. The number of pyridine rings is 1. The zero-order chi connectivity index (χ0) is 83.8. The van der Waals surface area contributed by atoms with E-state index in [-0.39, 0.29) is 34.5 Å². The predicted octanol–water partition coefficient (Wildman–Crippen LogP) is 27.5. The second-order valence-electron chi connectivity index (χ2n) is 33.0. The molecule has 3 aromatic heterocycles. The number of anilines is 1. The minimum absolute atomic E-state index is 0.0203. The Kier molecular flexibility index (Phi) is 51.0. The zero-order valence-electron chi connectivity index (χ0n) is 74.1. The quantitative estimate of drug-likeness (QED) is 0.0504. The summed E-state index contributed by atoms with van der Waals surface area (Å²) >= 11 is 0. The maximum Gasteiger partial charge on any atom is 0.250 e. The molecule has 12 nitrogen and oxygen atoms in total. The molecule has 600 valence electrons. The van der Waals surface area contributed by atoms with Gasteiger partial charge in [0.1, 0.15) is 17.9 Å². The van der Waals surface area contributed by atoms with Crippen molar-refractivity contribution in [2.75, 3.05) is 19.4 Å². The Bertz CT molecular complexity index is 3570. The molecule has 0 radical (unpaired) electrons. The standard InChI is InChI=1S/C15H26OSi.C12H18.C11H15NO.C10H11N.C10H12O.C10H22.C8H11N.2C7H10N2.C6H13NO/c1-12(2)13-10-8-9-11-14(13)16-17(6,7)15(3,4)5;1-10(2)12(3,4)11-8-6-5-7-9-11;1-8(2)10-6-4-5-7-11(10)12-9(3)13;1-8(2)9-4-6-10(11-3)7-5-9;1-8(2)10(11)9-6-4-3-5-7-9;1-6-10(7-2,8-3)9(4)5;1-7(2)8-3-5-9-6-4-8;1-6(2)7-3-8-5-9-4-7;1-6(2)7-8-4-3-5-9-7;1-5(2)6(8)7(3)4/h8-12H,1-7H3;5-10H,1-4H3;4-8H,1-3H3,(H,12,13);4-8H,1-2H3;3-8H,1-2H3;9H,6-8H2,1-5H3;3-7H,1-2H3;2*3-6H,1-2H3;5H,1-4H3. The lowest BCUT2D eigenvalue weighted by Crippen LogP contribution is -2.44. The van der Waals surface area contributed by atoms with Gasteiger partial charge in [0.25, 0.3) is 0 Å². The number of aromatic nitrogens is 5. The van der Waals surface area contributed by atoms with Crippen molar-refractivity contribution in [1.82, 2.24) is 29.8 Å². The number of rotatable bonds is 18. The smallest absolute Gasteiger partial charge is 0.250 e. The largest absolute Gasteiger partial charge is 0.543 e. The third kappa shape index (κ3) is 41.8. The number of Topliss-reactive ketones (excluding diaryl/α,β-unsaturated/α-hetero) is 1. The Hall–Kier alpha value is -8.47. The number of nitrogens with one attached hydrogen (secondary N) is 1. The molecule has 3 heterocycles. The van der Waals surface area contributed by atoms with Crippen LogP contribution in [-0.2, 0) is 15.0 Å². The van der Waals surface area contributed by atoms with Gasteiger partial charge in [0.15, 0.2) is 11.5 Å². The summed E-state index contributed by atoms with van der Waals surface area (Å²) in [5, 5.41) is 3.06. The lowest BCUT2D eigenvalue weighted by molar-refractivity contribution is -0.131. The Balaban J connectivity index is 0. The van der Waals surface area contributed by atoms with Crippen molar-refractivity contribution < 1.29 is 18.8 Å². The highest BCUT2D eigenvalue weighted by Crippen LogP contribution is 2.40. The van der Waals surface area contributed by atoms with Crippen molar-refractivity contribution in [2.45, 2.75) is 279 Å². The van der Waals surface area contributed by atoms with Crippen LogP contribution in [0.5, 0.6) is 5.75 Å². The normalized spacial score (nSPS) is 10.9. The third-order valence-corrected chi connectivity index (χ3v) is 24.2. The van der Waals surface area contributed by atoms with E-state index < -0.39 is 8.32 Å². The molecule has 0 atom stereocenters. The maximum atomic E-state index is 11.3. The number of ketones is 1. The van der Waals surface area contributed by atoms with Crippen LogP contribution >= 0.6 is 0 Å². The summed E-state index contributed by atoms with van der Waals surface area (Å²) in [6.45, 7) is 73.8. The first-order valence-corrected chi connectivity index (χ1v) is 42.7. The van der Waals surface area contributed by atoms with Crippen molar-refractivity contribution in [1.29, 1.82) is 0 Å². The van der Waals surface area contributed by atoms with Crippen LogP contribution in [0.2, 0.25) is 18.1 Å². The molecule has 0 unspecified atom stereocenters. The van der Waals surface area contributed by atoms with Crippen LogP contribution in [0.25, 0.3) is 4.85 Å². The molecule has 0 saturated heterocycles. The lowest BCUT2D eigenvalue weighted by atomic mass is 9.71. The Morgan fingerprint density at radius 3 is 1.25 bits per heavy atom. The molecule has 0 aliphatic carbocycles. The summed E-state index contributed by atoms with van der Waals surface area (Å²) < 4.78 is 6.40. The molecular formula is C96H148N8O4Si. The van der Waals surface area contributed by atoms with Gasteiger partial charge in [0.2, 0.25) is 20.1 Å². The number of hydrogen-bond acceptors (Lipinski definition) is 9. The van der Waals surface area contributed by atoms with Gasteiger partial charge in [-0.1, -0.05) is 334 Å². The number of carbonyl (C=O) groups is 3. The minimum Gasteiger partial charge on any atom is -0.543 e. The second kappa shape index (κ2) is 54.2. The Morgan fingerprint density at radius 2 is 0.917 bits per heavy atom. The van der Waals surface area contributed by atoms with Gasteiger partial charge in [-0.2, -0.15) is 0 Å². The molecule has 8 aromatic rings. The van der Waals surface area contributed by atoms with Gasteiger partial charge in [0, 0.05) is 87.2 Å². The third-order valence-electron chi connectivity index (χ3n) is 19.8. The number of hydrogen-bond donors (Lipinski definition) is 1. The van der Waals surface area contributed by atoms with Gasteiger partial charge >= 0.3 is 0 Å². The SMILES string of the molecule is CC(=O)Nc1ccccc1C(C)C.CC(C)C(=O)N(C)C.CC(C)C(=O)c1ccccc1.CC(C)C(C)(C)c1ccccc1.CC(C)c1ccccc1O[Si](C)(C)C(C)(C)C.CC(C)c1ccncc1.CC(C)c1cncnc1.CC(C)c1ncccn1.CCC(CC)(CC)C(C)C.[C-]#[N+]c1ccc(C(C)C)cc1. The van der Waals surface area contributed by atoms with Crippen molar-refractivity contribution in [3.05, 3.63) is 251 Å². The highest BCUT2D eigenvalue weighted by atomic mass is 28.4. The lowest BCUT2D eigenvalue weighted by Gasteiger charge is -2.37. The van der Waals surface area contributed by atoms with Crippen molar-refractivity contribution >= 4 is 37.3 Å². The van der Waals surface area contributed by atoms with Crippen LogP contribution in [0.15, 0.2) is 195 Å². The van der Waals surface area contributed by atoms with Gasteiger partial charge in [-0.05, 0) is 134 Å². The summed E-state index contributed by atoms with van der Waals surface area (Å²) in [5.41, 5.74) is 11.1. The van der Waals surface area contributed by atoms with Crippen molar-refractivity contribution in [3.63, 3.8) is 0 Å². The summed E-state index contributed by atoms with van der Waals surface area (Å²) in [6, 6.07) is 50.1. The summed E-state index contributed by atoms with van der Waals surface area (Å²) in [7, 11) is 1.81. The fraction of sp³-hybridized carbons (Fsp3) is 0.510. The van der Waals surface area contributed by atoms with Crippen LogP contribution in [0.3, 0.4) is 0 Å². The number of para-hydroxylation sites is 2. The first-order valence-electron chi connectivity index (χ1n) is 39.7. The minimum atomic E-state index is -1.72. The highest BCUT2D eigenvalue weighted by molar-refractivity contribution is 6.74. The zero-order valence-corrected chi connectivity index (χ0v) is 75.1. The molecule has 5 aromatic carbocycles. The van der Waals surface area contributed by atoms with E-state index in [1.165, 1.54) is 59.6 Å². The topological polar surface area (TPSA) is 145 Å². The van der Waals surface area contributed by atoms with Crippen LogP contribution < -0.4 is 9.74 Å². The molecule has 0 fully saturated rings. The van der Waals surface area contributed by atoms with Crippen LogP contribution in [0.1, 0.15) is 305 Å². The van der Waals surface area contributed by atoms with E-state index in [1.807, 2.05) is 150 Å². The van der Waals surface area contributed by atoms with Crippen LogP contribution in [-0.4, -0.2) is 69.8 Å². The molecule has 0 saturated carbocycles. The van der Waals surface area contributed by atoms with Gasteiger partial charge in [0.05, 0.1) is 6.57 Å². The number of nitrogens with zero attached hydrogens (tertiary/aromatic N) is 7. The van der Waals surface area contributed by atoms with E-state index in [1.54, 1.807) is 37.7 Å². The van der Waals surface area contributed by atoms with E-state index >= 15 is 0 Å². The number of carbonyl (C=O) groups excluding carboxylic acids is 3. The number of benzene rings is 5. The molecule has 0 aliphatic heterocycles. The van der Waals surface area contributed by atoms with Gasteiger partial charge in [-0.25, -0.2) is 24.8 Å². The highest BCUT2D eigenvalue weighted by Gasteiger charge is 2.39. The van der Waals surface area contributed by atoms with E-state index in [2.05, 4.69) is 269 Å². The first kappa shape index (κ1) is 103. The molecule has 0 bridgehead atoms.